The average Bonchev–Trinajstić information content (AvgIpc) is 2.94. The zero-order chi connectivity index (χ0) is 29.1. The second kappa shape index (κ2) is 15.0. The minimum atomic E-state index is 0.0980. The number of benzene rings is 3. The molecule has 0 saturated heterocycles. The predicted molar refractivity (Wildman–Crippen MR) is 169 cm³/mol. The second-order valence-electron chi connectivity index (χ2n) is 10.8. The van der Waals surface area contributed by atoms with Crippen LogP contribution < -0.4 is 15.5 Å². The maximum absolute atomic E-state index is 8.94. The van der Waals surface area contributed by atoms with E-state index in [9.17, 15) is 0 Å². The third-order valence-corrected chi connectivity index (χ3v) is 7.72. The van der Waals surface area contributed by atoms with Crippen LogP contribution in [0.15, 0.2) is 60.7 Å². The first-order chi connectivity index (χ1) is 19.3. The molecule has 0 spiro atoms. The molecule has 5 heteroatoms. The van der Waals surface area contributed by atoms with Gasteiger partial charge in [-0.15, -0.1) is 0 Å². The number of nitriles is 2. The Morgan fingerprint density at radius 3 is 1.52 bits per heavy atom. The van der Waals surface area contributed by atoms with Gasteiger partial charge in [0.15, 0.2) is 0 Å². The molecule has 0 aliphatic rings. The van der Waals surface area contributed by atoms with Crippen molar-refractivity contribution in [2.75, 3.05) is 28.6 Å². The molecular formula is C35H45N5. The van der Waals surface area contributed by atoms with Crippen LogP contribution in [0.2, 0.25) is 0 Å². The molecular weight excluding hydrogens is 490 g/mol. The highest BCUT2D eigenvalue weighted by molar-refractivity contribution is 5.59. The van der Waals surface area contributed by atoms with Gasteiger partial charge in [-0.2, -0.15) is 10.5 Å². The van der Waals surface area contributed by atoms with Gasteiger partial charge in [0.2, 0.25) is 0 Å². The Bertz CT molecular complexity index is 1240. The summed E-state index contributed by atoms with van der Waals surface area (Å²) in [5, 5.41) is 25.0. The Hall–Kier alpha value is -3.96. The van der Waals surface area contributed by atoms with Crippen LogP contribution in [0.3, 0.4) is 0 Å². The van der Waals surface area contributed by atoms with Crippen molar-refractivity contribution in [3.05, 3.63) is 88.5 Å². The van der Waals surface area contributed by atoms with E-state index < -0.39 is 0 Å². The normalized spacial score (nSPS) is 13.0. The van der Waals surface area contributed by atoms with E-state index >= 15 is 0 Å². The van der Waals surface area contributed by atoms with Crippen molar-refractivity contribution in [1.82, 2.24) is 0 Å². The lowest BCUT2D eigenvalue weighted by atomic mass is 9.81. The summed E-state index contributed by atoms with van der Waals surface area (Å²) in [6.45, 7) is 15.0. The first-order valence-corrected chi connectivity index (χ1v) is 14.6. The van der Waals surface area contributed by atoms with Gasteiger partial charge in [-0.1, -0.05) is 24.3 Å². The number of nitrogens with one attached hydrogen (secondary N) is 2. The van der Waals surface area contributed by atoms with Gasteiger partial charge in [-0.3, -0.25) is 0 Å². The summed E-state index contributed by atoms with van der Waals surface area (Å²) < 4.78 is 0. The summed E-state index contributed by atoms with van der Waals surface area (Å²) >= 11 is 0. The van der Waals surface area contributed by atoms with E-state index in [1.165, 1.54) is 33.5 Å². The SMILES string of the molecule is CCN(CC)c1ccc(C(c2ccc(NC(C)CCC#N)cc2C)c2ccc(NC(C)CCC#N)cc2C)cc1. The second-order valence-corrected chi connectivity index (χ2v) is 10.8. The van der Waals surface area contributed by atoms with Gasteiger partial charge in [0.1, 0.15) is 0 Å². The summed E-state index contributed by atoms with van der Waals surface area (Å²) in [7, 11) is 0. The summed E-state index contributed by atoms with van der Waals surface area (Å²) in [5.74, 6) is 0.0980. The molecule has 5 nitrogen and oxygen atoms in total. The lowest BCUT2D eigenvalue weighted by Crippen LogP contribution is -2.21. The molecule has 0 radical (unpaired) electrons. The molecule has 2 unspecified atom stereocenters. The van der Waals surface area contributed by atoms with Gasteiger partial charge < -0.3 is 15.5 Å². The highest BCUT2D eigenvalue weighted by Gasteiger charge is 2.22. The summed E-state index contributed by atoms with van der Waals surface area (Å²) in [6, 6.07) is 27.4. The highest BCUT2D eigenvalue weighted by atomic mass is 15.1. The summed E-state index contributed by atoms with van der Waals surface area (Å²) in [4.78, 5) is 2.37. The van der Waals surface area contributed by atoms with Gasteiger partial charge in [-0.25, -0.2) is 0 Å². The lowest BCUT2D eigenvalue weighted by molar-refractivity contribution is 0.723. The number of hydrogen-bond donors (Lipinski definition) is 2. The largest absolute Gasteiger partial charge is 0.383 e. The average molecular weight is 536 g/mol. The number of aryl methyl sites for hydroxylation is 2. The Labute approximate surface area is 241 Å². The summed E-state index contributed by atoms with van der Waals surface area (Å²) in [6.07, 6.45) is 2.76. The molecule has 0 fully saturated rings. The third-order valence-electron chi connectivity index (χ3n) is 7.72. The molecule has 0 amide bonds. The van der Waals surface area contributed by atoms with Crippen molar-refractivity contribution in [3.8, 4) is 12.1 Å². The third kappa shape index (κ3) is 8.03. The van der Waals surface area contributed by atoms with Crippen molar-refractivity contribution >= 4 is 17.1 Å². The van der Waals surface area contributed by atoms with E-state index in [2.05, 4.69) is 130 Å². The van der Waals surface area contributed by atoms with Gasteiger partial charge in [0, 0.05) is 61.0 Å². The smallest absolute Gasteiger partial charge is 0.0622 e. The first kappa shape index (κ1) is 30.6. The number of nitrogens with zero attached hydrogens (tertiary/aromatic N) is 3. The Kier molecular flexibility index (Phi) is 11.5. The van der Waals surface area contributed by atoms with Crippen molar-refractivity contribution in [2.24, 2.45) is 0 Å². The van der Waals surface area contributed by atoms with E-state index in [1.54, 1.807) is 0 Å². The molecule has 40 heavy (non-hydrogen) atoms. The quantitative estimate of drug-likeness (QED) is 0.202. The van der Waals surface area contributed by atoms with Gasteiger partial charge in [0.25, 0.3) is 0 Å². The maximum atomic E-state index is 8.94. The van der Waals surface area contributed by atoms with Crippen LogP contribution >= 0.6 is 0 Å². The molecule has 0 saturated carbocycles. The van der Waals surface area contributed by atoms with E-state index in [4.69, 9.17) is 10.5 Å². The Balaban J connectivity index is 2.00. The Morgan fingerprint density at radius 2 is 1.15 bits per heavy atom. The van der Waals surface area contributed by atoms with Crippen LogP contribution in [0.25, 0.3) is 0 Å². The molecule has 2 atom stereocenters. The van der Waals surface area contributed by atoms with Crippen molar-refractivity contribution in [3.63, 3.8) is 0 Å². The fraction of sp³-hybridized carbons (Fsp3) is 0.429. The van der Waals surface area contributed by atoms with Gasteiger partial charge in [0.05, 0.1) is 12.1 Å². The van der Waals surface area contributed by atoms with Crippen LogP contribution in [0.1, 0.15) is 87.1 Å². The van der Waals surface area contributed by atoms with Crippen LogP contribution in [0.5, 0.6) is 0 Å². The zero-order valence-corrected chi connectivity index (χ0v) is 25.1. The minimum Gasteiger partial charge on any atom is -0.383 e. The van der Waals surface area contributed by atoms with Crippen molar-refractivity contribution < 1.29 is 0 Å². The fourth-order valence-electron chi connectivity index (χ4n) is 5.45. The Morgan fingerprint density at radius 1 is 0.700 bits per heavy atom. The molecule has 0 heterocycles. The number of anilines is 3. The monoisotopic (exact) mass is 535 g/mol. The predicted octanol–water partition coefficient (Wildman–Crippen LogP) is 8.54. The van der Waals surface area contributed by atoms with Crippen molar-refractivity contribution in [2.45, 2.75) is 85.2 Å². The molecule has 3 aromatic carbocycles. The molecule has 3 aromatic rings. The first-order valence-electron chi connectivity index (χ1n) is 14.6. The molecule has 0 bridgehead atoms. The number of rotatable bonds is 14. The van der Waals surface area contributed by atoms with Gasteiger partial charge >= 0.3 is 0 Å². The van der Waals surface area contributed by atoms with Crippen LogP contribution in [0, 0.1) is 36.5 Å². The zero-order valence-electron chi connectivity index (χ0n) is 25.1. The molecule has 210 valence electrons. The standard InChI is InChI=1S/C35H45N5/c1-7-40(8-2)32-17-13-29(14-18-32)35(33-19-15-30(23-25(33)3)38-27(5)11-9-21-36)34-20-16-31(24-26(34)4)39-28(6)12-10-22-37/h13-20,23-24,27-28,35,38-39H,7-12H2,1-6H3. The van der Waals surface area contributed by atoms with E-state index in [0.717, 1.165) is 37.3 Å². The molecule has 3 rings (SSSR count). The lowest BCUT2D eigenvalue weighted by Gasteiger charge is -2.26. The van der Waals surface area contributed by atoms with Crippen LogP contribution in [-0.4, -0.2) is 25.2 Å². The highest BCUT2D eigenvalue weighted by Crippen LogP contribution is 2.38. The summed E-state index contributed by atoms with van der Waals surface area (Å²) in [5.41, 5.74) is 9.75. The maximum Gasteiger partial charge on any atom is 0.0622 e. The van der Waals surface area contributed by atoms with Crippen LogP contribution in [-0.2, 0) is 0 Å². The molecule has 0 aromatic heterocycles. The molecule has 0 aliphatic heterocycles. The molecule has 0 aliphatic carbocycles. The topological polar surface area (TPSA) is 74.9 Å². The van der Waals surface area contributed by atoms with Crippen molar-refractivity contribution in [1.29, 1.82) is 10.5 Å². The van der Waals surface area contributed by atoms with E-state index in [0.29, 0.717) is 12.8 Å². The van der Waals surface area contributed by atoms with E-state index in [1.807, 2.05) is 0 Å². The van der Waals surface area contributed by atoms with Crippen LogP contribution in [0.4, 0.5) is 17.1 Å². The molecule has 2 N–H and O–H groups in total. The number of hydrogen-bond acceptors (Lipinski definition) is 5. The minimum absolute atomic E-state index is 0.0980. The van der Waals surface area contributed by atoms with Gasteiger partial charge in [-0.05, 0) is 119 Å². The van der Waals surface area contributed by atoms with E-state index in [-0.39, 0.29) is 18.0 Å². The fourth-order valence-corrected chi connectivity index (χ4v) is 5.45.